The van der Waals surface area contributed by atoms with E-state index in [1.54, 1.807) is 12.3 Å². The highest BCUT2D eigenvalue weighted by Crippen LogP contribution is 2.24. The molecule has 5 heteroatoms. The number of likely N-dealkylation sites (tertiary alicyclic amines) is 1. The molecule has 0 bridgehead atoms. The molecule has 122 valence electrons. The highest BCUT2D eigenvalue weighted by atomic mass is 16.3. The van der Waals surface area contributed by atoms with E-state index in [-0.39, 0.29) is 11.9 Å². The first-order valence-electron chi connectivity index (χ1n) is 8.23. The van der Waals surface area contributed by atoms with Crippen LogP contribution >= 0.6 is 0 Å². The lowest BCUT2D eigenvalue weighted by Crippen LogP contribution is -2.40. The highest BCUT2D eigenvalue weighted by Gasteiger charge is 2.25. The number of carbonyl (C=O) groups is 1. The Kier molecular flexibility index (Phi) is 5.08. The van der Waals surface area contributed by atoms with Crippen molar-refractivity contribution in [2.24, 2.45) is 0 Å². The number of hydrogen-bond donors (Lipinski definition) is 1. The number of aromatic nitrogens is 1. The zero-order chi connectivity index (χ0) is 16.1. The Bertz CT molecular complexity index is 633. The van der Waals surface area contributed by atoms with Gasteiger partial charge >= 0.3 is 0 Å². The van der Waals surface area contributed by atoms with Gasteiger partial charge in [0, 0.05) is 12.2 Å². The van der Waals surface area contributed by atoms with Crippen LogP contribution in [0, 0.1) is 6.92 Å². The van der Waals surface area contributed by atoms with Crippen LogP contribution in [0.15, 0.2) is 41.0 Å². The summed E-state index contributed by atoms with van der Waals surface area (Å²) in [6, 6.07) is 9.44. The first-order chi connectivity index (χ1) is 11.2. The Morgan fingerprint density at radius 1 is 1.26 bits per heavy atom. The van der Waals surface area contributed by atoms with Crippen molar-refractivity contribution in [3.63, 3.8) is 0 Å². The standard InChI is InChI=1S/C18H23N3O2/c1-14-7-5-8-15(20-14)18(22)19-13-16(17-9-6-12-23-17)21-10-3-2-4-11-21/h5-9,12,16H,2-4,10-11,13H2,1H3,(H,19,22). The van der Waals surface area contributed by atoms with Gasteiger partial charge in [-0.25, -0.2) is 4.98 Å². The number of piperidine rings is 1. The molecule has 0 aliphatic carbocycles. The van der Waals surface area contributed by atoms with Crippen molar-refractivity contribution in [2.45, 2.75) is 32.2 Å². The maximum atomic E-state index is 12.3. The van der Waals surface area contributed by atoms with Gasteiger partial charge in [0.25, 0.3) is 5.91 Å². The maximum absolute atomic E-state index is 12.3. The molecular weight excluding hydrogens is 290 g/mol. The molecule has 1 fully saturated rings. The third kappa shape index (κ3) is 3.99. The minimum atomic E-state index is -0.137. The lowest BCUT2D eigenvalue weighted by atomic mass is 10.1. The molecule has 0 saturated carbocycles. The zero-order valence-electron chi connectivity index (χ0n) is 13.5. The Labute approximate surface area is 136 Å². The molecule has 1 unspecified atom stereocenters. The predicted octanol–water partition coefficient (Wildman–Crippen LogP) is 2.94. The third-order valence-electron chi connectivity index (χ3n) is 4.28. The Morgan fingerprint density at radius 3 is 2.78 bits per heavy atom. The second-order valence-electron chi connectivity index (χ2n) is 6.00. The fourth-order valence-corrected chi connectivity index (χ4v) is 3.07. The van der Waals surface area contributed by atoms with Crippen LogP contribution in [-0.4, -0.2) is 35.4 Å². The average Bonchev–Trinajstić information content (AvgIpc) is 3.10. The van der Waals surface area contributed by atoms with Crippen molar-refractivity contribution in [1.82, 2.24) is 15.2 Å². The highest BCUT2D eigenvalue weighted by molar-refractivity contribution is 5.92. The summed E-state index contributed by atoms with van der Waals surface area (Å²) in [5.41, 5.74) is 1.30. The third-order valence-corrected chi connectivity index (χ3v) is 4.28. The van der Waals surface area contributed by atoms with E-state index in [0.29, 0.717) is 12.2 Å². The molecule has 2 aromatic heterocycles. The van der Waals surface area contributed by atoms with Crippen LogP contribution in [0.2, 0.25) is 0 Å². The number of aryl methyl sites for hydroxylation is 1. The Hall–Kier alpha value is -2.14. The second kappa shape index (κ2) is 7.42. The van der Waals surface area contributed by atoms with Gasteiger partial charge in [-0.1, -0.05) is 12.5 Å². The molecule has 1 amide bonds. The van der Waals surface area contributed by atoms with Crippen LogP contribution in [0.1, 0.15) is 47.2 Å². The monoisotopic (exact) mass is 313 g/mol. The van der Waals surface area contributed by atoms with Gasteiger partial charge in [-0.05, 0) is 57.1 Å². The summed E-state index contributed by atoms with van der Waals surface area (Å²) in [7, 11) is 0. The van der Waals surface area contributed by atoms with Gasteiger partial charge in [0.15, 0.2) is 0 Å². The normalized spacial score (nSPS) is 16.9. The Morgan fingerprint density at radius 2 is 2.09 bits per heavy atom. The average molecular weight is 313 g/mol. The number of rotatable bonds is 5. The van der Waals surface area contributed by atoms with E-state index in [1.807, 2.05) is 31.2 Å². The molecule has 0 aromatic carbocycles. The summed E-state index contributed by atoms with van der Waals surface area (Å²) in [6.07, 6.45) is 5.37. The molecule has 1 saturated heterocycles. The van der Waals surface area contributed by atoms with Gasteiger partial charge in [-0.3, -0.25) is 9.69 Å². The molecular formula is C18H23N3O2. The second-order valence-corrected chi connectivity index (χ2v) is 6.00. The summed E-state index contributed by atoms with van der Waals surface area (Å²) < 4.78 is 5.60. The quantitative estimate of drug-likeness (QED) is 0.922. The molecule has 0 radical (unpaired) electrons. The summed E-state index contributed by atoms with van der Waals surface area (Å²) in [5, 5.41) is 3.01. The lowest BCUT2D eigenvalue weighted by molar-refractivity contribution is 0.0909. The van der Waals surface area contributed by atoms with E-state index < -0.39 is 0 Å². The van der Waals surface area contributed by atoms with E-state index >= 15 is 0 Å². The van der Waals surface area contributed by atoms with Crippen LogP contribution in [0.5, 0.6) is 0 Å². The number of nitrogens with one attached hydrogen (secondary N) is 1. The van der Waals surface area contributed by atoms with Crippen molar-refractivity contribution in [3.05, 3.63) is 53.7 Å². The number of pyridine rings is 1. The molecule has 0 spiro atoms. The molecule has 1 atom stereocenters. The number of carbonyl (C=O) groups excluding carboxylic acids is 1. The molecule has 1 N–H and O–H groups in total. The zero-order valence-corrected chi connectivity index (χ0v) is 13.5. The molecule has 3 heterocycles. The lowest BCUT2D eigenvalue weighted by Gasteiger charge is -2.33. The summed E-state index contributed by atoms with van der Waals surface area (Å²) in [5.74, 6) is 0.770. The molecule has 1 aliphatic rings. The maximum Gasteiger partial charge on any atom is 0.269 e. The van der Waals surface area contributed by atoms with Crippen molar-refractivity contribution < 1.29 is 9.21 Å². The summed E-state index contributed by atoms with van der Waals surface area (Å²) in [6.45, 7) is 4.51. The number of hydrogen-bond acceptors (Lipinski definition) is 4. The number of amides is 1. The molecule has 2 aromatic rings. The van der Waals surface area contributed by atoms with E-state index in [9.17, 15) is 4.79 Å². The van der Waals surface area contributed by atoms with Crippen molar-refractivity contribution in [1.29, 1.82) is 0 Å². The molecule has 5 nitrogen and oxygen atoms in total. The topological polar surface area (TPSA) is 58.4 Å². The smallest absolute Gasteiger partial charge is 0.269 e. The molecule has 3 rings (SSSR count). The predicted molar refractivity (Wildman–Crippen MR) is 88.2 cm³/mol. The van der Waals surface area contributed by atoms with E-state index in [0.717, 1.165) is 24.5 Å². The number of furan rings is 1. The summed E-state index contributed by atoms with van der Waals surface area (Å²) in [4.78, 5) is 19.0. The van der Waals surface area contributed by atoms with Crippen molar-refractivity contribution in [2.75, 3.05) is 19.6 Å². The van der Waals surface area contributed by atoms with E-state index in [2.05, 4.69) is 15.2 Å². The number of nitrogens with zero attached hydrogens (tertiary/aromatic N) is 2. The minimum Gasteiger partial charge on any atom is -0.468 e. The van der Waals surface area contributed by atoms with Crippen LogP contribution in [0.25, 0.3) is 0 Å². The fourth-order valence-electron chi connectivity index (χ4n) is 3.07. The minimum absolute atomic E-state index is 0.0825. The fraction of sp³-hybridized carbons (Fsp3) is 0.444. The van der Waals surface area contributed by atoms with Gasteiger partial charge in [0.05, 0.1) is 12.3 Å². The van der Waals surface area contributed by atoms with E-state index in [1.165, 1.54) is 19.3 Å². The van der Waals surface area contributed by atoms with Gasteiger partial charge < -0.3 is 9.73 Å². The van der Waals surface area contributed by atoms with Gasteiger partial charge in [0.1, 0.15) is 11.5 Å². The summed E-state index contributed by atoms with van der Waals surface area (Å²) >= 11 is 0. The van der Waals surface area contributed by atoms with Crippen molar-refractivity contribution in [3.8, 4) is 0 Å². The largest absolute Gasteiger partial charge is 0.468 e. The van der Waals surface area contributed by atoms with Crippen LogP contribution in [0.3, 0.4) is 0 Å². The van der Waals surface area contributed by atoms with E-state index in [4.69, 9.17) is 4.42 Å². The first-order valence-corrected chi connectivity index (χ1v) is 8.23. The van der Waals surface area contributed by atoms with Gasteiger partial charge in [0.2, 0.25) is 0 Å². The van der Waals surface area contributed by atoms with Crippen LogP contribution in [0.4, 0.5) is 0 Å². The van der Waals surface area contributed by atoms with Crippen molar-refractivity contribution >= 4 is 5.91 Å². The van der Waals surface area contributed by atoms with Gasteiger partial charge in [-0.15, -0.1) is 0 Å². The van der Waals surface area contributed by atoms with Crippen LogP contribution in [-0.2, 0) is 0 Å². The first kappa shape index (κ1) is 15.7. The molecule has 1 aliphatic heterocycles. The molecule has 23 heavy (non-hydrogen) atoms. The SMILES string of the molecule is Cc1cccc(C(=O)NCC(c2ccco2)N2CCCCC2)n1. The van der Waals surface area contributed by atoms with Crippen LogP contribution < -0.4 is 5.32 Å². The van der Waals surface area contributed by atoms with Gasteiger partial charge in [-0.2, -0.15) is 0 Å². The Balaban J connectivity index is 1.67.